The number of rotatable bonds is 17. The highest BCUT2D eigenvalue weighted by Crippen LogP contribution is 2.66. The molecule has 4 aliphatic carbocycles. The van der Waals surface area contributed by atoms with E-state index in [1.807, 2.05) is 0 Å². The molecule has 9 unspecified atom stereocenters. The van der Waals surface area contributed by atoms with E-state index in [1.54, 1.807) is 5.57 Å². The van der Waals surface area contributed by atoms with E-state index < -0.39 is 0 Å². The summed E-state index contributed by atoms with van der Waals surface area (Å²) in [6, 6.07) is 0. The van der Waals surface area contributed by atoms with Gasteiger partial charge in [-0.25, -0.2) is 0 Å². The quantitative estimate of drug-likeness (QED) is 0.112. The van der Waals surface area contributed by atoms with Crippen LogP contribution in [0.1, 0.15) is 169 Å². The molecule has 0 spiro atoms. The summed E-state index contributed by atoms with van der Waals surface area (Å²) in [6.45, 7) is 26.0. The van der Waals surface area contributed by atoms with Crippen molar-refractivity contribution < 1.29 is 0 Å². The average molecular weight is 630 g/mol. The zero-order chi connectivity index (χ0) is 33.3. The maximum absolute atomic E-state index is 4.97. The first-order chi connectivity index (χ1) is 22.1. The second-order valence-electron chi connectivity index (χ2n) is 17.1. The van der Waals surface area contributed by atoms with Gasteiger partial charge >= 0.3 is 0 Å². The SMILES string of the molecule is C=C1CC(CCCCCCCCCCCCC)CC2C(CC(=C)C1=C)C1CCCC(C)(CC/C(=N/C)C3=CC(C)C(C)C3CC)C12. The number of allylic oxidation sites excluding steroid dienone is 5. The van der Waals surface area contributed by atoms with E-state index in [0.29, 0.717) is 17.3 Å². The third kappa shape index (κ3) is 8.99. The molecule has 0 radical (unpaired) electrons. The summed E-state index contributed by atoms with van der Waals surface area (Å²) < 4.78 is 0. The topological polar surface area (TPSA) is 12.4 Å². The number of fused-ring (bicyclic) bond motifs is 4. The zero-order valence-corrected chi connectivity index (χ0v) is 31.6. The monoisotopic (exact) mass is 630 g/mol. The van der Waals surface area contributed by atoms with E-state index in [2.05, 4.69) is 67.5 Å². The molecule has 0 N–H and O–H groups in total. The van der Waals surface area contributed by atoms with Gasteiger partial charge in [-0.2, -0.15) is 0 Å². The Balaban J connectivity index is 1.37. The zero-order valence-electron chi connectivity index (χ0n) is 31.6. The minimum atomic E-state index is 0.433. The fourth-order valence-corrected chi connectivity index (χ4v) is 11.1. The van der Waals surface area contributed by atoms with Crippen molar-refractivity contribution in [3.05, 3.63) is 48.1 Å². The van der Waals surface area contributed by atoms with E-state index in [4.69, 9.17) is 4.99 Å². The Morgan fingerprint density at radius 2 is 1.48 bits per heavy atom. The van der Waals surface area contributed by atoms with Crippen molar-refractivity contribution in [3.63, 3.8) is 0 Å². The van der Waals surface area contributed by atoms with Crippen LogP contribution in [0.25, 0.3) is 0 Å². The minimum absolute atomic E-state index is 0.433. The maximum atomic E-state index is 4.97. The summed E-state index contributed by atoms with van der Waals surface area (Å²) in [6.07, 6.45) is 31.3. The van der Waals surface area contributed by atoms with Gasteiger partial charge in [0.15, 0.2) is 0 Å². The number of hydrogen-bond donors (Lipinski definition) is 0. The highest BCUT2D eigenvalue weighted by Gasteiger charge is 2.58. The molecule has 1 nitrogen and oxygen atoms in total. The van der Waals surface area contributed by atoms with E-state index in [1.165, 1.54) is 138 Å². The Bertz CT molecular complexity index is 1070. The molecule has 3 saturated carbocycles. The average Bonchev–Trinajstić information content (AvgIpc) is 3.33. The van der Waals surface area contributed by atoms with Gasteiger partial charge in [-0.15, -0.1) is 0 Å². The number of hydrogen-bond acceptors (Lipinski definition) is 1. The van der Waals surface area contributed by atoms with Crippen LogP contribution in [-0.2, 0) is 0 Å². The molecule has 0 aromatic carbocycles. The van der Waals surface area contributed by atoms with Crippen molar-refractivity contribution in [2.24, 2.45) is 57.8 Å². The number of nitrogens with zero attached hydrogens (tertiary/aromatic N) is 1. The van der Waals surface area contributed by atoms with Gasteiger partial charge in [0.1, 0.15) is 0 Å². The van der Waals surface area contributed by atoms with Crippen molar-refractivity contribution in [3.8, 4) is 0 Å². The molecule has 0 bridgehead atoms. The van der Waals surface area contributed by atoms with Crippen LogP contribution in [0.5, 0.6) is 0 Å². The second-order valence-corrected chi connectivity index (χ2v) is 17.1. The van der Waals surface area contributed by atoms with E-state index >= 15 is 0 Å². The summed E-state index contributed by atoms with van der Waals surface area (Å²) in [7, 11) is 2.06. The molecule has 3 fully saturated rings. The van der Waals surface area contributed by atoms with Gasteiger partial charge in [0.2, 0.25) is 0 Å². The van der Waals surface area contributed by atoms with E-state index in [9.17, 15) is 0 Å². The maximum Gasteiger partial charge on any atom is 0.0376 e. The lowest BCUT2D eigenvalue weighted by atomic mass is 9.41. The Labute approximate surface area is 287 Å². The van der Waals surface area contributed by atoms with Crippen LogP contribution in [0.15, 0.2) is 53.1 Å². The molecule has 46 heavy (non-hydrogen) atoms. The molecule has 260 valence electrons. The largest absolute Gasteiger partial charge is 0.293 e. The van der Waals surface area contributed by atoms with Crippen LogP contribution < -0.4 is 0 Å². The predicted molar refractivity (Wildman–Crippen MR) is 205 cm³/mol. The second kappa shape index (κ2) is 17.9. The van der Waals surface area contributed by atoms with Crippen LogP contribution in [0.2, 0.25) is 0 Å². The lowest BCUT2D eigenvalue weighted by Gasteiger charge is -2.63. The first-order valence-electron chi connectivity index (χ1n) is 20.4. The normalized spacial score (nSPS) is 35.1. The summed E-state index contributed by atoms with van der Waals surface area (Å²) in [4.78, 5) is 4.97. The molecule has 0 aromatic rings. The first kappa shape index (κ1) is 37.4. The smallest absolute Gasteiger partial charge is 0.0376 e. The van der Waals surface area contributed by atoms with Gasteiger partial charge in [0, 0.05) is 12.8 Å². The molecule has 0 heterocycles. The molecule has 4 rings (SSSR count). The van der Waals surface area contributed by atoms with Gasteiger partial charge in [0.05, 0.1) is 0 Å². The van der Waals surface area contributed by atoms with Gasteiger partial charge in [-0.3, -0.25) is 4.99 Å². The molecule has 0 aliphatic heterocycles. The van der Waals surface area contributed by atoms with Crippen molar-refractivity contribution in [1.29, 1.82) is 0 Å². The summed E-state index contributed by atoms with van der Waals surface area (Å²) in [5, 5.41) is 0. The third-order valence-electron chi connectivity index (χ3n) is 14.1. The molecule has 1 heteroatoms. The Morgan fingerprint density at radius 3 is 2.11 bits per heavy atom. The third-order valence-corrected chi connectivity index (χ3v) is 14.1. The van der Waals surface area contributed by atoms with Gasteiger partial charge in [-0.1, -0.05) is 144 Å². The summed E-state index contributed by atoms with van der Waals surface area (Å²) in [5.74, 6) is 6.26. The van der Waals surface area contributed by atoms with Crippen molar-refractivity contribution in [1.82, 2.24) is 0 Å². The van der Waals surface area contributed by atoms with Gasteiger partial charge in [-0.05, 0) is 126 Å². The molecule has 0 amide bonds. The first-order valence-corrected chi connectivity index (χ1v) is 20.4. The van der Waals surface area contributed by atoms with Crippen LogP contribution in [0, 0.1) is 52.8 Å². The molecule has 0 saturated heterocycles. The lowest BCUT2D eigenvalue weighted by Crippen LogP contribution is -2.56. The molecular weight excluding hydrogens is 555 g/mol. The van der Waals surface area contributed by atoms with Crippen molar-refractivity contribution >= 4 is 5.71 Å². The fraction of sp³-hybridized carbons (Fsp3) is 0.800. The Hall–Kier alpha value is -1.37. The predicted octanol–water partition coefficient (Wildman–Crippen LogP) is 13.9. The molecule has 4 aliphatic rings. The molecular formula is C45H75N. The Morgan fingerprint density at radius 1 is 0.848 bits per heavy atom. The fourth-order valence-electron chi connectivity index (χ4n) is 11.1. The Kier molecular flexibility index (Phi) is 14.5. The standard InChI is InChI=1S/C45H75N/c1-10-12-13-14-15-16-17-18-19-20-21-23-37-28-32(3)35(6)33(4)29-40-39-24-22-26-45(8,44(39)42(40)31-37)27-25-43(46-9)41-30-34(5)36(7)38(41)11-2/h30,34,36-40,42,44H,3-4,6,10-29,31H2,1-2,5,7-9H3/b46-43-. The number of aliphatic imine (C=N–C) groups is 1. The number of unbranched alkanes of at least 4 members (excludes halogenated alkanes) is 10. The van der Waals surface area contributed by atoms with E-state index in [0.717, 1.165) is 54.8 Å². The molecule has 0 aromatic heterocycles. The highest BCUT2D eigenvalue weighted by molar-refractivity contribution is 6.01. The van der Waals surface area contributed by atoms with Gasteiger partial charge in [0.25, 0.3) is 0 Å². The highest BCUT2D eigenvalue weighted by atomic mass is 14.7. The van der Waals surface area contributed by atoms with Crippen LogP contribution in [0.4, 0.5) is 0 Å². The lowest BCUT2D eigenvalue weighted by molar-refractivity contribution is -0.141. The van der Waals surface area contributed by atoms with E-state index in [-0.39, 0.29) is 0 Å². The van der Waals surface area contributed by atoms with Crippen LogP contribution in [-0.4, -0.2) is 12.8 Å². The van der Waals surface area contributed by atoms with Crippen LogP contribution in [0.3, 0.4) is 0 Å². The molecule has 9 atom stereocenters. The van der Waals surface area contributed by atoms with Crippen molar-refractivity contribution in [2.45, 2.75) is 169 Å². The van der Waals surface area contributed by atoms with Crippen molar-refractivity contribution in [2.75, 3.05) is 7.05 Å². The van der Waals surface area contributed by atoms with Crippen LogP contribution >= 0.6 is 0 Å². The van der Waals surface area contributed by atoms with Gasteiger partial charge < -0.3 is 0 Å². The minimum Gasteiger partial charge on any atom is -0.293 e. The summed E-state index contributed by atoms with van der Waals surface area (Å²) >= 11 is 0. The summed E-state index contributed by atoms with van der Waals surface area (Å²) in [5.41, 5.74) is 7.22.